The van der Waals surface area contributed by atoms with Gasteiger partial charge in [-0.1, -0.05) is 42.5 Å². The van der Waals surface area contributed by atoms with Crippen molar-refractivity contribution in [3.8, 4) is 11.5 Å². The number of cyclic esters (lactones) is 1. The predicted molar refractivity (Wildman–Crippen MR) is 121 cm³/mol. The maximum atomic E-state index is 13.0. The molecule has 1 saturated heterocycles. The van der Waals surface area contributed by atoms with Gasteiger partial charge in [0, 0.05) is 11.1 Å². The van der Waals surface area contributed by atoms with Gasteiger partial charge in [-0.3, -0.25) is 4.79 Å². The molecule has 0 saturated carbocycles. The summed E-state index contributed by atoms with van der Waals surface area (Å²) in [4.78, 5) is 13.0. The van der Waals surface area contributed by atoms with E-state index in [0.29, 0.717) is 12.4 Å². The number of hydrogen-bond donors (Lipinski definition) is 0. The zero-order chi connectivity index (χ0) is 22.1. The van der Waals surface area contributed by atoms with E-state index in [4.69, 9.17) is 18.9 Å². The second-order valence-corrected chi connectivity index (χ2v) is 7.92. The highest BCUT2D eigenvalue weighted by Gasteiger charge is 2.50. The van der Waals surface area contributed by atoms with Crippen LogP contribution >= 0.6 is 0 Å². The van der Waals surface area contributed by atoms with Gasteiger partial charge in [-0.2, -0.15) is 0 Å². The van der Waals surface area contributed by atoms with Gasteiger partial charge in [0.05, 0.1) is 32.7 Å². The second-order valence-electron chi connectivity index (χ2n) is 7.92. The first-order valence-corrected chi connectivity index (χ1v) is 10.6. The molecule has 1 fully saturated rings. The summed E-state index contributed by atoms with van der Waals surface area (Å²) in [5.41, 5.74) is 3.67. The summed E-state index contributed by atoms with van der Waals surface area (Å²) in [6.45, 7) is 0.332. The van der Waals surface area contributed by atoms with Crippen molar-refractivity contribution in [1.29, 1.82) is 0 Å². The minimum absolute atomic E-state index is 0.107. The Kier molecular flexibility index (Phi) is 5.31. The topological polar surface area (TPSA) is 54.0 Å². The molecule has 2 heterocycles. The highest BCUT2D eigenvalue weighted by Crippen LogP contribution is 2.52. The Hall–Kier alpha value is -3.73. The molecule has 3 aromatic rings. The number of benzene rings is 3. The lowest BCUT2D eigenvalue weighted by atomic mass is 9.76. The fourth-order valence-electron chi connectivity index (χ4n) is 4.56. The van der Waals surface area contributed by atoms with E-state index in [2.05, 4.69) is 0 Å². The summed E-state index contributed by atoms with van der Waals surface area (Å²) in [6.07, 6.45) is -0.285. The Morgan fingerprint density at radius 3 is 1.97 bits per heavy atom. The molecule has 5 nitrogen and oxygen atoms in total. The molecule has 0 aliphatic carbocycles. The molecule has 0 bridgehead atoms. The Morgan fingerprint density at radius 1 is 0.781 bits per heavy atom. The standard InChI is InChI=1S/C27H24O5/c1-29-20-12-8-17(9-13-20)23-24-22(16-31-27(24)28)25(18-6-4-3-5-7-18)32-26(23)19-10-14-21(30-2)15-11-19/h3-15,22,24-25H,16H2,1-2H3. The van der Waals surface area contributed by atoms with E-state index in [1.54, 1.807) is 14.2 Å². The number of methoxy groups -OCH3 is 2. The second kappa shape index (κ2) is 8.42. The van der Waals surface area contributed by atoms with Crippen LogP contribution in [-0.4, -0.2) is 26.8 Å². The minimum atomic E-state index is -0.417. The molecule has 0 aromatic heterocycles. The molecule has 0 spiro atoms. The van der Waals surface area contributed by atoms with Crippen molar-refractivity contribution in [2.24, 2.45) is 11.8 Å². The monoisotopic (exact) mass is 428 g/mol. The first-order valence-electron chi connectivity index (χ1n) is 10.6. The molecule has 5 rings (SSSR count). The largest absolute Gasteiger partial charge is 0.497 e. The van der Waals surface area contributed by atoms with Crippen LogP contribution in [0.15, 0.2) is 78.9 Å². The lowest BCUT2D eigenvalue weighted by Gasteiger charge is -2.36. The zero-order valence-electron chi connectivity index (χ0n) is 18.0. The van der Waals surface area contributed by atoms with Crippen LogP contribution in [0.4, 0.5) is 0 Å². The molecule has 3 unspecified atom stereocenters. The average Bonchev–Trinajstić information content (AvgIpc) is 3.25. The highest BCUT2D eigenvalue weighted by atomic mass is 16.5. The van der Waals surface area contributed by atoms with Gasteiger partial charge in [0.25, 0.3) is 0 Å². The normalized spacial score (nSPS) is 22.1. The molecule has 3 atom stereocenters. The summed E-state index contributed by atoms with van der Waals surface area (Å²) in [7, 11) is 3.27. The number of ether oxygens (including phenoxy) is 4. The Morgan fingerprint density at radius 2 is 1.38 bits per heavy atom. The molecule has 162 valence electrons. The van der Waals surface area contributed by atoms with Crippen molar-refractivity contribution in [3.05, 3.63) is 95.6 Å². The number of rotatable bonds is 5. The van der Waals surface area contributed by atoms with Gasteiger partial charge in [-0.15, -0.1) is 0 Å². The van der Waals surface area contributed by atoms with Crippen LogP contribution < -0.4 is 9.47 Å². The van der Waals surface area contributed by atoms with Crippen LogP contribution in [0, 0.1) is 11.8 Å². The van der Waals surface area contributed by atoms with Gasteiger partial charge in [0.2, 0.25) is 0 Å². The van der Waals surface area contributed by atoms with Crippen LogP contribution in [0.25, 0.3) is 11.3 Å². The fraction of sp³-hybridized carbons (Fsp3) is 0.222. The van der Waals surface area contributed by atoms with Crippen molar-refractivity contribution in [2.45, 2.75) is 6.10 Å². The third-order valence-electron chi connectivity index (χ3n) is 6.17. The van der Waals surface area contributed by atoms with Gasteiger partial charge >= 0.3 is 5.97 Å². The van der Waals surface area contributed by atoms with E-state index in [9.17, 15) is 4.79 Å². The lowest BCUT2D eigenvalue weighted by Crippen LogP contribution is -2.30. The highest BCUT2D eigenvalue weighted by molar-refractivity contribution is 6.00. The summed E-state index contributed by atoms with van der Waals surface area (Å²) in [5, 5.41) is 0. The maximum Gasteiger partial charge on any atom is 0.314 e. The number of carbonyl (C=O) groups is 1. The number of esters is 1. The van der Waals surface area contributed by atoms with Crippen LogP contribution in [0.2, 0.25) is 0 Å². The summed E-state index contributed by atoms with van der Waals surface area (Å²) in [5.74, 6) is 1.46. The van der Waals surface area contributed by atoms with Gasteiger partial charge in [-0.25, -0.2) is 0 Å². The van der Waals surface area contributed by atoms with Crippen LogP contribution in [-0.2, 0) is 14.3 Å². The summed E-state index contributed by atoms with van der Waals surface area (Å²) >= 11 is 0. The molecule has 0 radical (unpaired) electrons. The van der Waals surface area contributed by atoms with Gasteiger partial charge in [0.1, 0.15) is 23.4 Å². The van der Waals surface area contributed by atoms with E-state index in [1.165, 1.54) is 0 Å². The SMILES string of the molecule is COc1ccc(C2=C(c3ccc(OC)cc3)C3C(=O)OCC3C(c3ccccc3)O2)cc1. The molecule has 2 aliphatic heterocycles. The molecule has 3 aromatic carbocycles. The predicted octanol–water partition coefficient (Wildman–Crippen LogP) is 5.13. The third kappa shape index (κ3) is 3.50. The first kappa shape index (κ1) is 20.2. The van der Waals surface area contributed by atoms with Crippen molar-refractivity contribution in [1.82, 2.24) is 0 Å². The average molecular weight is 428 g/mol. The van der Waals surface area contributed by atoms with Crippen LogP contribution in [0.1, 0.15) is 22.8 Å². The Balaban J connectivity index is 1.70. The lowest BCUT2D eigenvalue weighted by molar-refractivity contribution is -0.139. The van der Waals surface area contributed by atoms with E-state index in [1.807, 2.05) is 78.9 Å². The van der Waals surface area contributed by atoms with E-state index in [0.717, 1.165) is 33.8 Å². The van der Waals surface area contributed by atoms with Gasteiger partial charge in [-0.05, 0) is 47.5 Å². The van der Waals surface area contributed by atoms with Crippen molar-refractivity contribution in [2.75, 3.05) is 20.8 Å². The van der Waals surface area contributed by atoms with Crippen molar-refractivity contribution >= 4 is 17.3 Å². The minimum Gasteiger partial charge on any atom is -0.497 e. The van der Waals surface area contributed by atoms with E-state index < -0.39 is 5.92 Å². The molecule has 0 amide bonds. The third-order valence-corrected chi connectivity index (χ3v) is 6.17. The van der Waals surface area contributed by atoms with Crippen LogP contribution in [0.3, 0.4) is 0 Å². The van der Waals surface area contributed by atoms with Gasteiger partial charge < -0.3 is 18.9 Å². The van der Waals surface area contributed by atoms with E-state index in [-0.39, 0.29) is 18.0 Å². The summed E-state index contributed by atoms with van der Waals surface area (Å²) < 4.78 is 22.9. The summed E-state index contributed by atoms with van der Waals surface area (Å²) in [6, 6.07) is 25.5. The molecular formula is C27H24O5. The molecule has 5 heteroatoms. The quantitative estimate of drug-likeness (QED) is 0.527. The number of fused-ring (bicyclic) bond motifs is 1. The smallest absolute Gasteiger partial charge is 0.314 e. The van der Waals surface area contributed by atoms with Gasteiger partial charge in [0.15, 0.2) is 0 Å². The van der Waals surface area contributed by atoms with Crippen molar-refractivity contribution < 1.29 is 23.7 Å². The maximum absolute atomic E-state index is 13.0. The van der Waals surface area contributed by atoms with Crippen molar-refractivity contribution in [3.63, 3.8) is 0 Å². The molecule has 0 N–H and O–H groups in total. The number of carbonyl (C=O) groups excluding carboxylic acids is 1. The molecule has 2 aliphatic rings. The first-order chi connectivity index (χ1) is 15.7. The molecule has 32 heavy (non-hydrogen) atoms. The Labute approximate surface area is 187 Å². The van der Waals surface area contributed by atoms with E-state index >= 15 is 0 Å². The zero-order valence-corrected chi connectivity index (χ0v) is 18.0. The number of hydrogen-bond acceptors (Lipinski definition) is 5. The molecular weight excluding hydrogens is 404 g/mol. The Bertz CT molecular complexity index is 1130. The van der Waals surface area contributed by atoms with Crippen LogP contribution in [0.5, 0.6) is 11.5 Å². The fourth-order valence-corrected chi connectivity index (χ4v) is 4.56.